The van der Waals surface area contributed by atoms with Gasteiger partial charge in [-0.15, -0.1) is 11.6 Å². The van der Waals surface area contributed by atoms with Crippen LogP contribution < -0.4 is 5.69 Å². The van der Waals surface area contributed by atoms with E-state index in [-0.39, 0.29) is 11.6 Å². The van der Waals surface area contributed by atoms with Gasteiger partial charge in [-0.3, -0.25) is 4.57 Å². The summed E-state index contributed by atoms with van der Waals surface area (Å²) in [6.07, 6.45) is 6.19. The summed E-state index contributed by atoms with van der Waals surface area (Å²) in [5.41, 5.74) is 2.32. The lowest BCUT2D eigenvalue weighted by molar-refractivity contribution is 0.763. The van der Waals surface area contributed by atoms with Gasteiger partial charge in [-0.2, -0.15) is 0 Å². The molecule has 0 spiro atoms. The van der Waals surface area contributed by atoms with Crippen LogP contribution in [-0.4, -0.2) is 34.4 Å². The van der Waals surface area contributed by atoms with Gasteiger partial charge in [0, 0.05) is 29.8 Å². The van der Waals surface area contributed by atoms with Crippen LogP contribution in [-0.2, 0) is 6.54 Å². The van der Waals surface area contributed by atoms with Gasteiger partial charge in [0.25, 0.3) is 0 Å². The summed E-state index contributed by atoms with van der Waals surface area (Å²) in [5.74, 6) is 0.382. The van der Waals surface area contributed by atoms with E-state index in [2.05, 4.69) is 32.8 Å². The molecule has 0 aliphatic heterocycles. The van der Waals surface area contributed by atoms with E-state index in [1.165, 1.54) is 21.2 Å². The van der Waals surface area contributed by atoms with E-state index in [0.717, 1.165) is 5.56 Å². The Hall–Kier alpha value is -1.93. The molecule has 0 aliphatic rings. The molecule has 0 radical (unpaired) electrons. The smallest absolute Gasteiger partial charge is 0.271 e. The van der Waals surface area contributed by atoms with Crippen molar-refractivity contribution in [3.05, 3.63) is 46.8 Å². The quantitative estimate of drug-likeness (QED) is 0.576. The number of alkyl halides is 1. The minimum Gasteiger partial charge on any atom is -0.271 e. The number of thiol groups is 1. The normalized spacial score (nSPS) is 12.7. The molecular weight excluding hydrogens is 324 g/mol. The fraction of sp³-hybridized carbons (Fsp3) is 0.308. The second-order valence-electron chi connectivity index (χ2n) is 4.91. The number of hydrogen-bond donors (Lipinski definition) is 1. The molecule has 1 atom stereocenters. The monoisotopic (exact) mass is 336 g/mol. The van der Waals surface area contributed by atoms with Crippen LogP contribution in [0.15, 0.2) is 29.8 Å². The first-order chi connectivity index (χ1) is 10.6. The second kappa shape index (κ2) is 6.05. The predicted molar refractivity (Wildman–Crippen MR) is 86.4 cm³/mol. The minimum atomic E-state index is -0.286. The third-order valence-electron chi connectivity index (χ3n) is 3.36. The molecule has 0 saturated carbocycles. The molecule has 3 rings (SSSR count). The van der Waals surface area contributed by atoms with Crippen LogP contribution in [0, 0.1) is 0 Å². The first-order valence-electron chi connectivity index (χ1n) is 6.58. The van der Waals surface area contributed by atoms with Crippen molar-refractivity contribution in [2.75, 3.05) is 5.88 Å². The van der Waals surface area contributed by atoms with Gasteiger partial charge in [-0.25, -0.2) is 28.7 Å². The van der Waals surface area contributed by atoms with Crippen LogP contribution >= 0.6 is 24.4 Å². The molecule has 0 fully saturated rings. The summed E-state index contributed by atoms with van der Waals surface area (Å²) in [6.45, 7) is 2.25. The van der Waals surface area contributed by atoms with Crippen molar-refractivity contribution in [1.29, 1.82) is 0 Å². The number of halogens is 1. The van der Waals surface area contributed by atoms with Crippen molar-refractivity contribution >= 4 is 35.6 Å². The topological polar surface area (TPSA) is 78.5 Å². The summed E-state index contributed by atoms with van der Waals surface area (Å²) in [6, 6.07) is 0. The van der Waals surface area contributed by atoms with E-state index < -0.39 is 0 Å². The SMILES string of the molecule is CC(CCl)c1ncnc2c1n(S)c(=O)n2Cc1cncnc1. The third-order valence-corrected chi connectivity index (χ3v) is 4.20. The van der Waals surface area contributed by atoms with E-state index in [9.17, 15) is 4.79 Å². The maximum Gasteiger partial charge on any atom is 0.340 e. The Morgan fingerprint density at radius 3 is 2.68 bits per heavy atom. The Morgan fingerprint density at radius 2 is 2.00 bits per heavy atom. The van der Waals surface area contributed by atoms with E-state index in [1.807, 2.05) is 6.92 Å². The second-order valence-corrected chi connectivity index (χ2v) is 5.62. The largest absolute Gasteiger partial charge is 0.340 e. The van der Waals surface area contributed by atoms with Crippen LogP contribution in [0.25, 0.3) is 11.2 Å². The van der Waals surface area contributed by atoms with E-state index in [1.54, 1.807) is 12.4 Å². The average molecular weight is 337 g/mol. The van der Waals surface area contributed by atoms with Gasteiger partial charge in [0.1, 0.15) is 18.2 Å². The van der Waals surface area contributed by atoms with Crippen LogP contribution in [0.1, 0.15) is 24.1 Å². The summed E-state index contributed by atoms with van der Waals surface area (Å²) in [4.78, 5) is 28.9. The molecular formula is C13H13ClN6OS. The first kappa shape index (κ1) is 15.0. The molecule has 0 aliphatic carbocycles. The molecule has 0 aromatic carbocycles. The molecule has 22 heavy (non-hydrogen) atoms. The summed E-state index contributed by atoms with van der Waals surface area (Å²) >= 11 is 10.2. The molecule has 7 nitrogen and oxygen atoms in total. The number of nitrogens with zero attached hydrogens (tertiary/aromatic N) is 6. The highest BCUT2D eigenvalue weighted by Gasteiger charge is 2.20. The predicted octanol–water partition coefficient (Wildman–Crippen LogP) is 1.47. The Bertz CT molecular complexity index is 862. The molecule has 3 heterocycles. The number of fused-ring (bicyclic) bond motifs is 1. The highest BCUT2D eigenvalue weighted by molar-refractivity contribution is 7.78. The zero-order valence-corrected chi connectivity index (χ0v) is 13.4. The summed E-state index contributed by atoms with van der Waals surface area (Å²) < 4.78 is 2.78. The molecule has 9 heteroatoms. The maximum atomic E-state index is 12.5. The van der Waals surface area contributed by atoms with E-state index in [4.69, 9.17) is 11.6 Å². The minimum absolute atomic E-state index is 0.0131. The molecule has 3 aromatic heterocycles. The molecule has 0 N–H and O–H groups in total. The molecule has 3 aromatic rings. The van der Waals surface area contributed by atoms with Crippen molar-refractivity contribution in [3.8, 4) is 0 Å². The molecule has 0 saturated heterocycles. The van der Waals surface area contributed by atoms with Crippen molar-refractivity contribution in [1.82, 2.24) is 28.5 Å². The van der Waals surface area contributed by atoms with Crippen molar-refractivity contribution < 1.29 is 0 Å². The van der Waals surface area contributed by atoms with Crippen LogP contribution in [0.5, 0.6) is 0 Å². The zero-order chi connectivity index (χ0) is 15.7. The zero-order valence-electron chi connectivity index (χ0n) is 11.7. The number of rotatable bonds is 4. The van der Waals surface area contributed by atoms with Gasteiger partial charge in [0.05, 0.1) is 12.2 Å². The van der Waals surface area contributed by atoms with Crippen molar-refractivity contribution in [3.63, 3.8) is 0 Å². The number of aromatic nitrogens is 6. The lowest BCUT2D eigenvalue weighted by Crippen LogP contribution is -2.21. The van der Waals surface area contributed by atoms with Gasteiger partial charge in [0.2, 0.25) is 0 Å². The summed E-state index contributed by atoms with van der Waals surface area (Å²) in [7, 11) is 0. The van der Waals surface area contributed by atoms with Crippen LogP contribution in [0.3, 0.4) is 0 Å². The standard InChI is InChI=1S/C13H13ClN6OS/c1-8(2-14)10-11-12(18-7-17-10)19(13(21)20(11)22)5-9-3-15-6-16-4-9/h3-4,6-8,22H,2,5H2,1H3. The number of hydrogen-bond acceptors (Lipinski definition) is 6. The number of imidazole rings is 1. The molecule has 0 amide bonds. The van der Waals surface area contributed by atoms with E-state index >= 15 is 0 Å². The van der Waals surface area contributed by atoms with Gasteiger partial charge in [-0.05, 0) is 0 Å². The van der Waals surface area contributed by atoms with Gasteiger partial charge >= 0.3 is 5.69 Å². The Labute approximate surface area is 136 Å². The van der Waals surface area contributed by atoms with Crippen molar-refractivity contribution in [2.24, 2.45) is 0 Å². The lowest BCUT2D eigenvalue weighted by Gasteiger charge is -2.08. The maximum absolute atomic E-state index is 12.5. The van der Waals surface area contributed by atoms with Crippen LogP contribution in [0.2, 0.25) is 0 Å². The molecule has 0 bridgehead atoms. The van der Waals surface area contributed by atoms with Gasteiger partial charge in [0.15, 0.2) is 5.65 Å². The van der Waals surface area contributed by atoms with Crippen molar-refractivity contribution in [2.45, 2.75) is 19.4 Å². The Balaban J connectivity index is 2.20. The highest BCUT2D eigenvalue weighted by Crippen LogP contribution is 2.23. The average Bonchev–Trinajstić information content (AvgIpc) is 2.80. The Morgan fingerprint density at radius 1 is 1.27 bits per heavy atom. The fourth-order valence-corrected chi connectivity index (χ4v) is 2.70. The third kappa shape index (κ3) is 2.48. The van der Waals surface area contributed by atoms with Gasteiger partial charge in [-0.1, -0.05) is 19.7 Å². The molecule has 114 valence electrons. The summed E-state index contributed by atoms with van der Waals surface area (Å²) in [5, 5.41) is 0. The van der Waals surface area contributed by atoms with Crippen LogP contribution in [0.4, 0.5) is 0 Å². The highest BCUT2D eigenvalue weighted by atomic mass is 35.5. The molecule has 1 unspecified atom stereocenters. The fourth-order valence-electron chi connectivity index (χ4n) is 2.25. The van der Waals surface area contributed by atoms with Gasteiger partial charge < -0.3 is 0 Å². The van der Waals surface area contributed by atoms with E-state index in [0.29, 0.717) is 29.3 Å². The Kier molecular flexibility index (Phi) is 4.12. The first-order valence-corrected chi connectivity index (χ1v) is 7.52. The lowest BCUT2D eigenvalue weighted by atomic mass is 10.1.